The number of amides is 1. The molecule has 1 N–H and O–H groups in total. The number of carbonyl (C=O) groups is 1. The van der Waals surface area contributed by atoms with Gasteiger partial charge in [0.25, 0.3) is 5.92 Å². The van der Waals surface area contributed by atoms with E-state index in [4.69, 9.17) is 9.84 Å². The Bertz CT molecular complexity index is 490. The smallest absolute Gasteiger partial charge is 0.256 e. The van der Waals surface area contributed by atoms with Crippen LogP contribution in [0.5, 0.6) is 5.75 Å². The second kappa shape index (κ2) is 6.39. The summed E-state index contributed by atoms with van der Waals surface area (Å²) in [5.41, 5.74) is 0.804. The molecule has 1 saturated heterocycles. The van der Waals surface area contributed by atoms with Crippen LogP contribution in [0.1, 0.15) is 12.0 Å². The third kappa shape index (κ3) is 3.69. The van der Waals surface area contributed by atoms with Crippen molar-refractivity contribution >= 4 is 5.91 Å². The van der Waals surface area contributed by atoms with Crippen LogP contribution in [0.25, 0.3) is 0 Å². The first-order valence-corrected chi connectivity index (χ1v) is 6.85. The van der Waals surface area contributed by atoms with Crippen LogP contribution in [-0.4, -0.2) is 48.6 Å². The van der Waals surface area contributed by atoms with E-state index in [0.717, 1.165) is 5.56 Å². The maximum Gasteiger partial charge on any atom is 0.256 e. The first-order valence-electron chi connectivity index (χ1n) is 6.85. The third-order valence-corrected chi connectivity index (χ3v) is 3.84. The van der Waals surface area contributed by atoms with Crippen molar-refractivity contribution < 1.29 is 23.4 Å². The summed E-state index contributed by atoms with van der Waals surface area (Å²) in [6, 6.07) is 7.06. The number of benzene rings is 1. The summed E-state index contributed by atoms with van der Waals surface area (Å²) in [5, 5.41) is 9.04. The number of aliphatic hydroxyl groups excluding tert-OH is 1. The van der Waals surface area contributed by atoms with Crippen molar-refractivity contribution in [3.05, 3.63) is 29.8 Å². The average Bonchev–Trinajstić information content (AvgIpc) is 2.47. The maximum atomic E-state index is 13.5. The lowest BCUT2D eigenvalue weighted by molar-refractivity contribution is -0.148. The Morgan fingerprint density at radius 1 is 1.43 bits per heavy atom. The number of hydrogen-bond donors (Lipinski definition) is 1. The zero-order valence-electron chi connectivity index (χ0n) is 11.9. The zero-order valence-corrected chi connectivity index (χ0v) is 11.9. The lowest BCUT2D eigenvalue weighted by atomic mass is 9.94. The van der Waals surface area contributed by atoms with Gasteiger partial charge >= 0.3 is 0 Å². The number of likely N-dealkylation sites (tertiary alicyclic amines) is 1. The Kier molecular flexibility index (Phi) is 4.77. The highest BCUT2D eigenvalue weighted by atomic mass is 19.3. The second-order valence-electron chi connectivity index (χ2n) is 5.26. The van der Waals surface area contributed by atoms with Crippen molar-refractivity contribution in [2.24, 2.45) is 5.92 Å². The van der Waals surface area contributed by atoms with Gasteiger partial charge in [0.15, 0.2) is 0 Å². The average molecular weight is 299 g/mol. The number of piperidine rings is 1. The summed E-state index contributed by atoms with van der Waals surface area (Å²) < 4.78 is 32.0. The summed E-state index contributed by atoms with van der Waals surface area (Å²) in [5.74, 6) is -3.57. The molecule has 1 atom stereocenters. The summed E-state index contributed by atoms with van der Waals surface area (Å²) in [4.78, 5) is 13.6. The van der Waals surface area contributed by atoms with Gasteiger partial charge in [-0.15, -0.1) is 0 Å². The molecule has 1 aromatic rings. The Morgan fingerprint density at radius 2 is 2.10 bits per heavy atom. The minimum atomic E-state index is -2.90. The van der Waals surface area contributed by atoms with Crippen LogP contribution in [-0.2, 0) is 11.2 Å². The maximum absolute atomic E-state index is 13.5. The Morgan fingerprint density at radius 3 is 2.67 bits per heavy atom. The molecular weight excluding hydrogens is 280 g/mol. The number of aliphatic hydroxyl groups is 1. The summed E-state index contributed by atoms with van der Waals surface area (Å²) >= 11 is 0. The first kappa shape index (κ1) is 15.7. The van der Waals surface area contributed by atoms with E-state index < -0.39 is 24.9 Å². The molecule has 6 heteroatoms. The number of methoxy groups -OCH3 is 1. The molecule has 0 aromatic heterocycles. The van der Waals surface area contributed by atoms with Crippen molar-refractivity contribution in [1.82, 2.24) is 4.90 Å². The molecule has 1 fully saturated rings. The van der Waals surface area contributed by atoms with E-state index in [9.17, 15) is 13.6 Å². The van der Waals surface area contributed by atoms with Crippen LogP contribution < -0.4 is 4.74 Å². The summed E-state index contributed by atoms with van der Waals surface area (Å²) in [6.45, 7) is -0.684. The number of nitrogens with zero attached hydrogens (tertiary/aromatic N) is 1. The normalized spacial score (nSPS) is 21.1. The number of rotatable bonds is 4. The van der Waals surface area contributed by atoms with Crippen LogP contribution in [0.15, 0.2) is 24.3 Å². The molecule has 1 aliphatic heterocycles. The molecule has 1 unspecified atom stereocenters. The quantitative estimate of drug-likeness (QED) is 0.921. The van der Waals surface area contributed by atoms with E-state index >= 15 is 0 Å². The summed E-state index contributed by atoms with van der Waals surface area (Å²) in [7, 11) is 1.56. The molecule has 4 nitrogen and oxygen atoms in total. The fraction of sp³-hybridized carbons (Fsp3) is 0.533. The van der Waals surface area contributed by atoms with Crippen LogP contribution >= 0.6 is 0 Å². The standard InChI is InChI=1S/C15H19F2NO3/c1-21-13-4-2-11(3-5-13)8-14(20)18-7-6-15(16,17)12(9-18)10-19/h2-5,12,19H,6-10H2,1H3. The van der Waals surface area contributed by atoms with Crippen molar-refractivity contribution in [1.29, 1.82) is 0 Å². The Labute approximate surface area is 122 Å². The minimum absolute atomic E-state index is 0.0263. The topological polar surface area (TPSA) is 49.8 Å². The van der Waals surface area contributed by atoms with E-state index in [1.807, 2.05) is 0 Å². The third-order valence-electron chi connectivity index (χ3n) is 3.84. The van der Waals surface area contributed by atoms with Gasteiger partial charge in [-0.2, -0.15) is 0 Å². The lowest BCUT2D eigenvalue weighted by Crippen LogP contribution is -2.50. The van der Waals surface area contributed by atoms with Crippen molar-refractivity contribution in [3.8, 4) is 5.75 Å². The van der Waals surface area contributed by atoms with Crippen LogP contribution in [0.4, 0.5) is 8.78 Å². The van der Waals surface area contributed by atoms with Gasteiger partial charge in [-0.25, -0.2) is 8.78 Å². The highest BCUT2D eigenvalue weighted by molar-refractivity contribution is 5.79. The predicted molar refractivity (Wildman–Crippen MR) is 73.4 cm³/mol. The van der Waals surface area contributed by atoms with Gasteiger partial charge in [-0.3, -0.25) is 4.79 Å². The molecule has 0 aliphatic carbocycles. The van der Waals surface area contributed by atoms with Gasteiger partial charge in [-0.1, -0.05) is 12.1 Å². The van der Waals surface area contributed by atoms with E-state index in [-0.39, 0.29) is 25.4 Å². The molecule has 1 heterocycles. The molecule has 0 bridgehead atoms. The number of alkyl halides is 2. The SMILES string of the molecule is COc1ccc(CC(=O)N2CCC(F)(F)C(CO)C2)cc1. The van der Waals surface area contributed by atoms with Crippen molar-refractivity contribution in [3.63, 3.8) is 0 Å². The lowest BCUT2D eigenvalue weighted by Gasteiger charge is -2.37. The molecule has 1 aliphatic rings. The monoisotopic (exact) mass is 299 g/mol. The highest BCUT2D eigenvalue weighted by Gasteiger charge is 2.44. The molecular formula is C15H19F2NO3. The van der Waals surface area contributed by atoms with Crippen molar-refractivity contribution in [2.45, 2.75) is 18.8 Å². The zero-order chi connectivity index (χ0) is 15.5. The number of hydrogen-bond acceptors (Lipinski definition) is 3. The molecule has 116 valence electrons. The van der Waals surface area contributed by atoms with Gasteiger partial charge in [0, 0.05) is 19.5 Å². The molecule has 1 amide bonds. The molecule has 21 heavy (non-hydrogen) atoms. The van der Waals surface area contributed by atoms with Gasteiger partial charge < -0.3 is 14.7 Å². The first-order chi connectivity index (χ1) is 9.96. The minimum Gasteiger partial charge on any atom is -0.497 e. The molecule has 1 aromatic carbocycles. The predicted octanol–water partition coefficient (Wildman–Crippen LogP) is 1.71. The number of carbonyl (C=O) groups excluding carboxylic acids is 1. The van der Waals surface area contributed by atoms with E-state index in [1.165, 1.54) is 4.90 Å². The fourth-order valence-corrected chi connectivity index (χ4v) is 2.43. The Balaban J connectivity index is 1.97. The van der Waals surface area contributed by atoms with Crippen LogP contribution in [0, 0.1) is 5.92 Å². The molecule has 0 saturated carbocycles. The van der Waals surface area contributed by atoms with E-state index in [1.54, 1.807) is 31.4 Å². The van der Waals surface area contributed by atoms with Gasteiger partial charge in [0.2, 0.25) is 5.91 Å². The Hall–Kier alpha value is -1.69. The number of halogens is 2. The van der Waals surface area contributed by atoms with Gasteiger partial charge in [-0.05, 0) is 17.7 Å². The van der Waals surface area contributed by atoms with E-state index in [2.05, 4.69) is 0 Å². The second-order valence-corrected chi connectivity index (χ2v) is 5.26. The van der Waals surface area contributed by atoms with E-state index in [0.29, 0.717) is 5.75 Å². The number of ether oxygens (including phenoxy) is 1. The highest BCUT2D eigenvalue weighted by Crippen LogP contribution is 2.33. The van der Waals surface area contributed by atoms with Crippen LogP contribution in [0.3, 0.4) is 0 Å². The fourth-order valence-electron chi connectivity index (χ4n) is 2.43. The largest absolute Gasteiger partial charge is 0.497 e. The van der Waals surface area contributed by atoms with Crippen molar-refractivity contribution in [2.75, 3.05) is 26.8 Å². The molecule has 2 rings (SSSR count). The summed E-state index contributed by atoms with van der Waals surface area (Å²) in [6.07, 6.45) is -0.236. The molecule has 0 radical (unpaired) electrons. The van der Waals surface area contributed by atoms with Crippen LogP contribution in [0.2, 0.25) is 0 Å². The molecule has 0 spiro atoms. The van der Waals surface area contributed by atoms with Gasteiger partial charge in [0.1, 0.15) is 5.75 Å². The van der Waals surface area contributed by atoms with Gasteiger partial charge in [0.05, 0.1) is 26.1 Å².